The molecule has 0 fully saturated rings. The number of nitrogens with one attached hydrogen (secondary N) is 1. The van der Waals surface area contributed by atoms with E-state index < -0.39 is 46.2 Å². The Morgan fingerprint density at radius 1 is 1.00 bits per heavy atom. The highest BCUT2D eigenvalue weighted by molar-refractivity contribution is 7.92. The smallest absolute Gasteiger partial charge is 0.416 e. The van der Waals surface area contributed by atoms with Gasteiger partial charge in [-0.2, -0.15) is 13.2 Å². The van der Waals surface area contributed by atoms with E-state index in [2.05, 4.69) is 5.32 Å². The van der Waals surface area contributed by atoms with Gasteiger partial charge in [0.15, 0.2) is 0 Å². The third-order valence-corrected chi connectivity index (χ3v) is 8.17. The summed E-state index contributed by atoms with van der Waals surface area (Å²) in [4.78, 5) is 27.6. The summed E-state index contributed by atoms with van der Waals surface area (Å²) in [7, 11) is -3.00. The fourth-order valence-electron chi connectivity index (χ4n) is 4.04. The van der Waals surface area contributed by atoms with Gasteiger partial charge in [0.2, 0.25) is 11.8 Å². The lowest BCUT2D eigenvalue weighted by Crippen LogP contribution is -2.51. The molecule has 0 aromatic heterocycles. The van der Waals surface area contributed by atoms with Gasteiger partial charge in [-0.3, -0.25) is 13.9 Å². The van der Waals surface area contributed by atoms with Gasteiger partial charge in [0.25, 0.3) is 10.0 Å². The summed E-state index contributed by atoms with van der Waals surface area (Å²) in [6.45, 7) is 4.34. The lowest BCUT2D eigenvalue weighted by molar-refractivity contribution is -0.139. The lowest BCUT2D eigenvalue weighted by Gasteiger charge is -2.32. The van der Waals surface area contributed by atoms with Crippen molar-refractivity contribution in [1.29, 1.82) is 0 Å². The molecule has 3 aromatic carbocycles. The highest BCUT2D eigenvalue weighted by Crippen LogP contribution is 2.33. The molecule has 220 valence electrons. The lowest BCUT2D eigenvalue weighted by atomic mass is 10.1. The van der Waals surface area contributed by atoms with E-state index in [1.165, 1.54) is 37.1 Å². The molecule has 1 N–H and O–H groups in total. The molecule has 0 saturated heterocycles. The molecule has 0 heterocycles. The van der Waals surface area contributed by atoms with E-state index in [-0.39, 0.29) is 17.1 Å². The van der Waals surface area contributed by atoms with E-state index >= 15 is 0 Å². The number of ether oxygens (including phenoxy) is 1. The SMILES string of the molecule is CCNC(=O)[C@@H](C)N(Cc1ccc(OC)cc1)C(=O)CN(c1cccc(C(F)(F)F)c1)S(=O)(=O)c1ccc(C)cc1. The topological polar surface area (TPSA) is 96.0 Å². The van der Waals surface area contributed by atoms with Crippen LogP contribution >= 0.6 is 0 Å². The quantitative estimate of drug-likeness (QED) is 0.347. The van der Waals surface area contributed by atoms with E-state index in [4.69, 9.17) is 4.74 Å². The Hall–Kier alpha value is -4.06. The number of nitrogens with zero attached hydrogens (tertiary/aromatic N) is 2. The number of carbonyl (C=O) groups excluding carboxylic acids is 2. The first-order valence-electron chi connectivity index (χ1n) is 12.7. The van der Waals surface area contributed by atoms with Crippen molar-refractivity contribution in [1.82, 2.24) is 10.2 Å². The van der Waals surface area contributed by atoms with E-state index in [1.807, 2.05) is 0 Å². The number of sulfonamides is 1. The minimum atomic E-state index is -4.74. The number of methoxy groups -OCH3 is 1. The predicted molar refractivity (Wildman–Crippen MR) is 149 cm³/mol. The van der Waals surface area contributed by atoms with Gasteiger partial charge < -0.3 is 15.0 Å². The molecule has 0 spiro atoms. The molecule has 0 aliphatic rings. The molecule has 1 atom stereocenters. The predicted octanol–water partition coefficient (Wildman–Crippen LogP) is 4.77. The molecule has 0 aliphatic heterocycles. The Balaban J connectivity index is 2.08. The zero-order valence-corrected chi connectivity index (χ0v) is 23.9. The van der Waals surface area contributed by atoms with Gasteiger partial charge in [0.05, 0.1) is 23.3 Å². The summed E-state index contributed by atoms with van der Waals surface area (Å²) in [5.41, 5.74) is -0.0180. The van der Waals surface area contributed by atoms with E-state index in [1.54, 1.807) is 50.2 Å². The number of aryl methyl sites for hydroxylation is 1. The summed E-state index contributed by atoms with van der Waals surface area (Å²) in [5, 5.41) is 2.65. The molecule has 0 unspecified atom stereocenters. The average molecular weight is 592 g/mol. The van der Waals surface area contributed by atoms with Gasteiger partial charge in [-0.1, -0.05) is 35.9 Å². The maximum Gasteiger partial charge on any atom is 0.416 e. The molecule has 8 nitrogen and oxygen atoms in total. The van der Waals surface area contributed by atoms with Crippen molar-refractivity contribution in [3.63, 3.8) is 0 Å². The number of alkyl halides is 3. The van der Waals surface area contributed by atoms with Crippen molar-refractivity contribution in [3.05, 3.63) is 89.5 Å². The van der Waals surface area contributed by atoms with Crippen molar-refractivity contribution in [2.75, 3.05) is 24.5 Å². The van der Waals surface area contributed by atoms with Gasteiger partial charge in [0, 0.05) is 13.1 Å². The molecule has 12 heteroatoms. The Labute approximate surface area is 237 Å². The monoisotopic (exact) mass is 591 g/mol. The molecule has 0 bridgehead atoms. The van der Waals surface area contributed by atoms with Crippen LogP contribution in [0.3, 0.4) is 0 Å². The highest BCUT2D eigenvalue weighted by Gasteiger charge is 2.35. The van der Waals surface area contributed by atoms with Crippen LogP contribution in [0.25, 0.3) is 0 Å². The van der Waals surface area contributed by atoms with Crippen molar-refractivity contribution in [2.45, 2.75) is 44.4 Å². The zero-order valence-electron chi connectivity index (χ0n) is 23.1. The number of rotatable bonds is 11. The third kappa shape index (κ3) is 7.78. The van der Waals surface area contributed by atoms with Crippen LogP contribution in [-0.4, -0.2) is 51.4 Å². The Bertz CT molecular complexity index is 1460. The fraction of sp³-hybridized carbons (Fsp3) is 0.310. The minimum Gasteiger partial charge on any atom is -0.497 e. The largest absolute Gasteiger partial charge is 0.497 e. The Kier molecular flexibility index (Phi) is 10.0. The number of amides is 2. The van der Waals surface area contributed by atoms with Gasteiger partial charge in [0.1, 0.15) is 18.3 Å². The minimum absolute atomic E-state index is 0.0673. The number of carbonyl (C=O) groups is 2. The summed E-state index contributed by atoms with van der Waals surface area (Å²) in [6, 6.07) is 15.2. The molecular weight excluding hydrogens is 559 g/mol. The van der Waals surface area contributed by atoms with Gasteiger partial charge in [-0.05, 0) is 68.8 Å². The van der Waals surface area contributed by atoms with Gasteiger partial charge >= 0.3 is 6.18 Å². The number of hydrogen-bond donors (Lipinski definition) is 1. The third-order valence-electron chi connectivity index (χ3n) is 6.38. The maximum absolute atomic E-state index is 13.8. The average Bonchev–Trinajstić information content (AvgIpc) is 2.94. The van der Waals surface area contributed by atoms with Crippen LogP contribution in [0.1, 0.15) is 30.5 Å². The summed E-state index contributed by atoms with van der Waals surface area (Å²) >= 11 is 0. The van der Waals surface area contributed by atoms with E-state index in [0.717, 1.165) is 17.7 Å². The van der Waals surface area contributed by atoms with Gasteiger partial charge in [-0.15, -0.1) is 0 Å². The summed E-state index contributed by atoms with van der Waals surface area (Å²) in [5.74, 6) is -0.683. The van der Waals surface area contributed by atoms with Crippen LogP contribution in [0.2, 0.25) is 0 Å². The molecule has 41 heavy (non-hydrogen) atoms. The van der Waals surface area contributed by atoms with Crippen LogP contribution < -0.4 is 14.4 Å². The normalized spacial score (nSPS) is 12.4. The number of benzene rings is 3. The first-order chi connectivity index (χ1) is 19.3. The Morgan fingerprint density at radius 2 is 1.63 bits per heavy atom. The van der Waals surface area contributed by atoms with Crippen LogP contribution in [0.5, 0.6) is 5.75 Å². The first-order valence-corrected chi connectivity index (χ1v) is 14.2. The second-order valence-electron chi connectivity index (χ2n) is 9.31. The van der Waals surface area contributed by atoms with Gasteiger partial charge in [-0.25, -0.2) is 8.42 Å². The van der Waals surface area contributed by atoms with Crippen LogP contribution in [-0.2, 0) is 32.3 Å². The summed E-state index contributed by atoms with van der Waals surface area (Å²) in [6.07, 6.45) is -4.74. The number of hydrogen-bond acceptors (Lipinski definition) is 5. The number of likely N-dealkylation sites (N-methyl/N-ethyl adjacent to an activating group) is 1. The Morgan fingerprint density at radius 3 is 2.20 bits per heavy atom. The first kappa shape index (κ1) is 31.5. The second kappa shape index (κ2) is 13.1. The van der Waals surface area contributed by atoms with Crippen molar-refractivity contribution in [3.8, 4) is 5.75 Å². The fourth-order valence-corrected chi connectivity index (χ4v) is 5.44. The van der Waals surface area contributed by atoms with Crippen molar-refractivity contribution in [2.24, 2.45) is 0 Å². The number of anilines is 1. The molecule has 2 amide bonds. The zero-order chi connectivity index (χ0) is 30.4. The molecule has 3 aromatic rings. The molecule has 0 aliphatic carbocycles. The second-order valence-corrected chi connectivity index (χ2v) is 11.2. The van der Waals surface area contributed by atoms with E-state index in [9.17, 15) is 31.2 Å². The van der Waals surface area contributed by atoms with Crippen LogP contribution in [0.15, 0.2) is 77.7 Å². The molecule has 0 saturated carbocycles. The van der Waals surface area contributed by atoms with Crippen LogP contribution in [0, 0.1) is 6.92 Å². The van der Waals surface area contributed by atoms with E-state index in [0.29, 0.717) is 28.2 Å². The number of halogens is 3. The van der Waals surface area contributed by atoms with Crippen molar-refractivity contribution < 1.29 is 35.9 Å². The maximum atomic E-state index is 13.8. The standard InChI is InChI=1S/C29H32F3N3O5S/c1-5-33-28(37)21(3)34(18-22-11-13-25(40-4)14-12-22)27(36)19-35(24-8-6-7-23(17-24)29(30,31)32)41(38,39)26-15-9-20(2)10-16-26/h6-17,21H,5,18-19H2,1-4H3,(H,33,37)/t21-/m1/s1. The summed E-state index contributed by atoms with van der Waals surface area (Å²) < 4.78 is 74.0. The van der Waals surface area contributed by atoms with Crippen LogP contribution in [0.4, 0.5) is 18.9 Å². The molecule has 3 rings (SSSR count). The molecule has 0 radical (unpaired) electrons. The molecular formula is C29H32F3N3O5S. The van der Waals surface area contributed by atoms with Crippen molar-refractivity contribution >= 4 is 27.5 Å². The highest BCUT2D eigenvalue weighted by atomic mass is 32.2.